The summed E-state index contributed by atoms with van der Waals surface area (Å²) in [7, 11) is 0. The zero-order valence-electron chi connectivity index (χ0n) is 8.53. The molecule has 16 heavy (non-hydrogen) atoms. The van der Waals surface area contributed by atoms with Gasteiger partial charge in [0.15, 0.2) is 0 Å². The zero-order chi connectivity index (χ0) is 12.1. The Labute approximate surface area is 103 Å². The van der Waals surface area contributed by atoms with Crippen LogP contribution >= 0.6 is 23.2 Å². The number of rotatable bonds is 5. The van der Waals surface area contributed by atoms with Crippen molar-refractivity contribution in [2.24, 2.45) is 0 Å². The SMILES string of the molecule is Nc1nc(N(CCO)CCO)c(Cl)cc1Cl. The molecule has 0 radical (unpaired) electrons. The standard InChI is InChI=1S/C9H13Cl2N3O2/c10-6-5-7(11)9(13-8(6)12)14(1-3-15)2-4-16/h5,15-16H,1-4H2,(H2,12,13). The topological polar surface area (TPSA) is 82.6 Å². The van der Waals surface area contributed by atoms with Gasteiger partial charge in [0.05, 0.1) is 23.3 Å². The van der Waals surface area contributed by atoms with Crippen molar-refractivity contribution in [3.05, 3.63) is 16.1 Å². The highest BCUT2D eigenvalue weighted by atomic mass is 35.5. The quantitative estimate of drug-likeness (QED) is 0.733. The molecule has 0 aliphatic heterocycles. The van der Waals surface area contributed by atoms with Crippen molar-refractivity contribution in [1.82, 2.24) is 4.98 Å². The van der Waals surface area contributed by atoms with E-state index in [1.165, 1.54) is 6.07 Å². The Morgan fingerprint density at radius 3 is 2.25 bits per heavy atom. The van der Waals surface area contributed by atoms with Crippen molar-refractivity contribution in [2.45, 2.75) is 0 Å². The fourth-order valence-corrected chi connectivity index (χ4v) is 1.74. The second-order valence-electron chi connectivity index (χ2n) is 3.10. The molecule has 1 heterocycles. The molecule has 1 aromatic rings. The Hall–Kier alpha value is -0.750. The van der Waals surface area contributed by atoms with Crippen LogP contribution in [0.1, 0.15) is 0 Å². The van der Waals surface area contributed by atoms with Crippen molar-refractivity contribution in [2.75, 3.05) is 36.9 Å². The average molecular weight is 266 g/mol. The summed E-state index contributed by atoms with van der Waals surface area (Å²) in [5.41, 5.74) is 5.57. The van der Waals surface area contributed by atoms with Crippen molar-refractivity contribution < 1.29 is 10.2 Å². The minimum absolute atomic E-state index is 0.0689. The van der Waals surface area contributed by atoms with Crippen LogP contribution in [0.5, 0.6) is 0 Å². The van der Waals surface area contributed by atoms with Crippen LogP contribution in [-0.4, -0.2) is 41.5 Å². The first-order valence-corrected chi connectivity index (χ1v) is 5.44. The van der Waals surface area contributed by atoms with Gasteiger partial charge >= 0.3 is 0 Å². The first kappa shape index (κ1) is 13.3. The third-order valence-electron chi connectivity index (χ3n) is 1.98. The first-order chi connectivity index (χ1) is 7.60. The fraction of sp³-hybridized carbons (Fsp3) is 0.444. The zero-order valence-corrected chi connectivity index (χ0v) is 10.0. The van der Waals surface area contributed by atoms with Gasteiger partial charge < -0.3 is 20.8 Å². The summed E-state index contributed by atoms with van der Waals surface area (Å²) in [5.74, 6) is 0.577. The van der Waals surface area contributed by atoms with Crippen molar-refractivity contribution in [3.8, 4) is 0 Å². The molecule has 0 unspecified atom stereocenters. The number of halogens is 2. The van der Waals surface area contributed by atoms with E-state index in [-0.39, 0.29) is 24.1 Å². The molecular weight excluding hydrogens is 253 g/mol. The summed E-state index contributed by atoms with van der Waals surface area (Å²) >= 11 is 11.7. The van der Waals surface area contributed by atoms with Gasteiger partial charge in [-0.1, -0.05) is 23.2 Å². The molecule has 0 spiro atoms. The maximum absolute atomic E-state index is 8.89. The van der Waals surface area contributed by atoms with E-state index in [9.17, 15) is 0 Å². The first-order valence-electron chi connectivity index (χ1n) is 4.68. The Bertz CT molecular complexity index is 357. The molecule has 0 saturated carbocycles. The number of hydrogen-bond donors (Lipinski definition) is 3. The Morgan fingerprint density at radius 1 is 1.19 bits per heavy atom. The van der Waals surface area contributed by atoms with Gasteiger partial charge in [0.1, 0.15) is 11.6 Å². The third-order valence-corrected chi connectivity index (χ3v) is 2.56. The summed E-state index contributed by atoms with van der Waals surface area (Å²) < 4.78 is 0. The van der Waals surface area contributed by atoms with E-state index in [1.807, 2.05) is 0 Å². The average Bonchev–Trinajstić information content (AvgIpc) is 2.23. The molecule has 1 rings (SSSR count). The van der Waals surface area contributed by atoms with Gasteiger partial charge in [0.2, 0.25) is 0 Å². The summed E-state index contributed by atoms with van der Waals surface area (Å²) in [6.45, 7) is 0.490. The summed E-state index contributed by atoms with van der Waals surface area (Å²) in [4.78, 5) is 5.66. The van der Waals surface area contributed by atoms with E-state index in [0.717, 1.165) is 0 Å². The molecule has 0 amide bonds. The number of pyridine rings is 1. The molecule has 7 heteroatoms. The second kappa shape index (κ2) is 6.10. The third kappa shape index (κ3) is 3.12. The number of nitrogens with two attached hydrogens (primary N) is 1. The molecular formula is C9H13Cl2N3O2. The summed E-state index contributed by atoms with van der Waals surface area (Å²) in [6, 6.07) is 1.49. The lowest BCUT2D eigenvalue weighted by Crippen LogP contribution is -2.30. The highest BCUT2D eigenvalue weighted by molar-refractivity contribution is 6.37. The van der Waals surface area contributed by atoms with Gasteiger partial charge in [0, 0.05) is 13.1 Å². The van der Waals surface area contributed by atoms with E-state index < -0.39 is 0 Å². The van der Waals surface area contributed by atoms with Crippen molar-refractivity contribution in [1.29, 1.82) is 0 Å². The molecule has 0 bridgehead atoms. The molecule has 90 valence electrons. The highest BCUT2D eigenvalue weighted by Gasteiger charge is 2.13. The monoisotopic (exact) mass is 265 g/mol. The van der Waals surface area contributed by atoms with E-state index >= 15 is 0 Å². The molecule has 0 saturated heterocycles. The Balaban J connectivity index is 3.03. The van der Waals surface area contributed by atoms with Gasteiger partial charge in [0.25, 0.3) is 0 Å². The van der Waals surface area contributed by atoms with Crippen LogP contribution in [0.4, 0.5) is 11.6 Å². The number of anilines is 2. The minimum atomic E-state index is -0.0689. The molecule has 4 N–H and O–H groups in total. The maximum Gasteiger partial charge on any atom is 0.150 e. The van der Waals surface area contributed by atoms with E-state index in [1.54, 1.807) is 4.90 Å². The van der Waals surface area contributed by atoms with Gasteiger partial charge in [-0.05, 0) is 6.07 Å². The smallest absolute Gasteiger partial charge is 0.150 e. The highest BCUT2D eigenvalue weighted by Crippen LogP contribution is 2.29. The lowest BCUT2D eigenvalue weighted by Gasteiger charge is -2.23. The van der Waals surface area contributed by atoms with Gasteiger partial charge in [-0.15, -0.1) is 0 Å². The van der Waals surface area contributed by atoms with E-state index in [0.29, 0.717) is 23.9 Å². The number of hydrogen-bond acceptors (Lipinski definition) is 5. The van der Waals surface area contributed by atoms with Crippen molar-refractivity contribution >= 4 is 34.8 Å². The molecule has 1 aromatic heterocycles. The van der Waals surface area contributed by atoms with Crippen molar-refractivity contribution in [3.63, 3.8) is 0 Å². The fourth-order valence-electron chi connectivity index (χ4n) is 1.26. The Kier molecular flexibility index (Phi) is 5.08. The van der Waals surface area contributed by atoms with Crippen LogP contribution in [0.3, 0.4) is 0 Å². The van der Waals surface area contributed by atoms with Crippen LogP contribution < -0.4 is 10.6 Å². The summed E-state index contributed by atoms with van der Waals surface area (Å²) in [6.07, 6.45) is 0. The predicted molar refractivity (Wildman–Crippen MR) is 65.1 cm³/mol. The number of aromatic nitrogens is 1. The van der Waals surface area contributed by atoms with Crippen LogP contribution in [-0.2, 0) is 0 Å². The molecule has 0 atom stereocenters. The van der Waals surface area contributed by atoms with Crippen LogP contribution in [0.25, 0.3) is 0 Å². The Morgan fingerprint density at radius 2 is 1.75 bits per heavy atom. The largest absolute Gasteiger partial charge is 0.395 e. The maximum atomic E-state index is 8.89. The second-order valence-corrected chi connectivity index (χ2v) is 3.91. The normalized spacial score (nSPS) is 10.5. The molecule has 0 aliphatic rings. The van der Waals surface area contributed by atoms with Crippen LogP contribution in [0.15, 0.2) is 6.07 Å². The predicted octanol–water partition coefficient (Wildman–Crippen LogP) is 0.762. The number of nitrogen functional groups attached to an aromatic ring is 1. The minimum Gasteiger partial charge on any atom is -0.395 e. The molecule has 0 fully saturated rings. The van der Waals surface area contributed by atoms with Crippen LogP contribution in [0.2, 0.25) is 10.0 Å². The van der Waals surface area contributed by atoms with Gasteiger partial charge in [-0.2, -0.15) is 0 Å². The van der Waals surface area contributed by atoms with E-state index in [2.05, 4.69) is 4.98 Å². The molecule has 5 nitrogen and oxygen atoms in total. The summed E-state index contributed by atoms with van der Waals surface area (Å²) in [5, 5.41) is 18.4. The number of nitrogens with zero attached hydrogens (tertiary/aromatic N) is 2. The molecule has 0 aromatic carbocycles. The molecule has 0 aliphatic carbocycles. The lowest BCUT2D eigenvalue weighted by atomic mass is 10.4. The number of aliphatic hydroxyl groups excluding tert-OH is 2. The van der Waals surface area contributed by atoms with Gasteiger partial charge in [-0.25, -0.2) is 4.98 Å². The van der Waals surface area contributed by atoms with Crippen LogP contribution in [0, 0.1) is 0 Å². The van der Waals surface area contributed by atoms with Gasteiger partial charge in [-0.3, -0.25) is 0 Å². The number of aliphatic hydroxyl groups is 2. The van der Waals surface area contributed by atoms with E-state index in [4.69, 9.17) is 39.1 Å². The lowest BCUT2D eigenvalue weighted by molar-refractivity contribution is 0.280.